The molecule has 3 heterocycles. The van der Waals surface area contributed by atoms with Crippen molar-refractivity contribution in [2.45, 2.75) is 32.1 Å². The van der Waals surface area contributed by atoms with Crippen LogP contribution in [0.4, 0.5) is 0 Å². The summed E-state index contributed by atoms with van der Waals surface area (Å²) in [6.45, 7) is 1.05. The smallest absolute Gasteiger partial charge is 0.272 e. The normalized spacial score (nSPS) is 15.3. The van der Waals surface area contributed by atoms with Crippen molar-refractivity contribution >= 4 is 11.8 Å². The van der Waals surface area contributed by atoms with Crippen molar-refractivity contribution in [3.05, 3.63) is 59.7 Å². The van der Waals surface area contributed by atoms with Crippen molar-refractivity contribution in [2.75, 3.05) is 0 Å². The monoisotopic (exact) mass is 366 g/mol. The Hall–Kier alpha value is -3.56. The molecule has 1 aliphatic heterocycles. The number of amides is 2. The molecule has 27 heavy (non-hydrogen) atoms. The number of tetrazole rings is 1. The minimum atomic E-state index is -0.208. The number of nitrogens with one attached hydrogen (secondary N) is 2. The molecule has 10 heteroatoms. The lowest BCUT2D eigenvalue weighted by atomic mass is 10.2. The zero-order valence-electron chi connectivity index (χ0n) is 14.4. The van der Waals surface area contributed by atoms with Crippen molar-refractivity contribution < 1.29 is 9.59 Å². The average molecular weight is 366 g/mol. The fourth-order valence-electron chi connectivity index (χ4n) is 3.05. The van der Waals surface area contributed by atoms with Crippen molar-refractivity contribution in [3.63, 3.8) is 0 Å². The van der Waals surface area contributed by atoms with Crippen LogP contribution < -0.4 is 10.6 Å². The van der Waals surface area contributed by atoms with Gasteiger partial charge in [-0.25, -0.2) is 4.68 Å². The van der Waals surface area contributed by atoms with Crippen LogP contribution in [0.15, 0.2) is 42.7 Å². The molecule has 0 saturated heterocycles. The molecule has 0 spiro atoms. The maximum atomic E-state index is 12.3. The lowest BCUT2D eigenvalue weighted by Crippen LogP contribution is -2.38. The molecule has 10 nitrogen and oxygen atoms in total. The molecular weight excluding hydrogens is 348 g/mol. The highest BCUT2D eigenvalue weighted by molar-refractivity contribution is 5.92. The van der Waals surface area contributed by atoms with E-state index in [0.29, 0.717) is 25.2 Å². The highest BCUT2D eigenvalue weighted by Crippen LogP contribution is 2.16. The summed E-state index contributed by atoms with van der Waals surface area (Å²) in [5, 5.41) is 20.8. The number of hydrogen-bond donors (Lipinski definition) is 2. The molecule has 1 aromatic carbocycles. The zero-order chi connectivity index (χ0) is 18.6. The number of rotatable bonds is 6. The van der Waals surface area contributed by atoms with E-state index in [9.17, 15) is 9.59 Å². The summed E-state index contributed by atoms with van der Waals surface area (Å²) in [5.74, 6) is -0.376. The number of nitrogens with zero attached hydrogens (tertiary/aromatic N) is 6. The molecule has 1 atom stereocenters. The molecule has 0 saturated carbocycles. The molecule has 2 N–H and O–H groups in total. The largest absolute Gasteiger partial charge is 0.349 e. The van der Waals surface area contributed by atoms with Gasteiger partial charge in [0.2, 0.25) is 5.91 Å². The van der Waals surface area contributed by atoms with E-state index in [1.165, 1.54) is 11.0 Å². The number of benzene rings is 1. The van der Waals surface area contributed by atoms with Crippen LogP contribution in [0.2, 0.25) is 0 Å². The molecule has 3 aromatic rings. The van der Waals surface area contributed by atoms with Gasteiger partial charge in [0.05, 0.1) is 12.6 Å². The Kier molecular flexibility index (Phi) is 4.60. The van der Waals surface area contributed by atoms with Gasteiger partial charge in [0.25, 0.3) is 5.91 Å². The second-order valence-corrected chi connectivity index (χ2v) is 6.35. The molecule has 1 aliphatic rings. The molecule has 2 amide bonds. The highest BCUT2D eigenvalue weighted by Gasteiger charge is 2.26. The molecule has 2 aromatic heterocycles. The van der Waals surface area contributed by atoms with Crippen molar-refractivity contribution in [2.24, 2.45) is 0 Å². The topological polar surface area (TPSA) is 120 Å². The zero-order valence-corrected chi connectivity index (χ0v) is 14.4. The molecule has 0 bridgehead atoms. The number of aromatic nitrogens is 6. The van der Waals surface area contributed by atoms with Crippen LogP contribution in [-0.4, -0.2) is 47.8 Å². The minimum Gasteiger partial charge on any atom is -0.349 e. The minimum absolute atomic E-state index is 0.0575. The summed E-state index contributed by atoms with van der Waals surface area (Å²) in [5.41, 5.74) is 2.34. The van der Waals surface area contributed by atoms with Crippen molar-refractivity contribution in [1.82, 2.24) is 40.6 Å². The number of carbonyl (C=O) groups is 2. The summed E-state index contributed by atoms with van der Waals surface area (Å²) in [6, 6.07) is 11.4. The van der Waals surface area contributed by atoms with E-state index in [-0.39, 0.29) is 24.4 Å². The lowest BCUT2D eigenvalue weighted by Gasteiger charge is -2.11. The van der Waals surface area contributed by atoms with Crippen LogP contribution in [0, 0.1) is 0 Å². The first-order valence-corrected chi connectivity index (χ1v) is 8.56. The molecule has 0 aliphatic carbocycles. The SMILES string of the molecule is O=C(Cn1cnnn1)NC1Cc2cc(C(=O)NCc3ccccc3)nn2C1. The maximum absolute atomic E-state index is 12.3. The Morgan fingerprint density at radius 1 is 1.22 bits per heavy atom. The molecule has 138 valence electrons. The van der Waals surface area contributed by atoms with Crippen LogP contribution in [0.5, 0.6) is 0 Å². The quantitative estimate of drug-likeness (QED) is 0.609. The van der Waals surface area contributed by atoms with Gasteiger partial charge in [0.15, 0.2) is 0 Å². The van der Waals surface area contributed by atoms with E-state index < -0.39 is 0 Å². The molecular formula is C17H18N8O2. The second-order valence-electron chi connectivity index (χ2n) is 6.35. The first-order chi connectivity index (χ1) is 13.2. The van der Waals surface area contributed by atoms with Crippen LogP contribution in [0.1, 0.15) is 21.7 Å². The number of fused-ring (bicyclic) bond motifs is 1. The summed E-state index contributed by atoms with van der Waals surface area (Å²) < 4.78 is 3.12. The summed E-state index contributed by atoms with van der Waals surface area (Å²) in [7, 11) is 0. The van der Waals surface area contributed by atoms with Gasteiger partial charge in [0, 0.05) is 18.7 Å². The Balaban J connectivity index is 1.29. The predicted molar refractivity (Wildman–Crippen MR) is 93.3 cm³/mol. The molecule has 0 fully saturated rings. The van der Waals surface area contributed by atoms with Gasteiger partial charge in [-0.3, -0.25) is 14.3 Å². The standard InChI is InChI=1S/C17H18N8O2/c26-16(10-24-11-19-22-23-24)20-13-6-14-7-15(21-25(14)9-13)17(27)18-8-12-4-2-1-3-5-12/h1-5,7,11,13H,6,8-10H2,(H,18,27)(H,20,26). The van der Waals surface area contributed by atoms with Gasteiger partial charge in [-0.15, -0.1) is 5.10 Å². The van der Waals surface area contributed by atoms with E-state index >= 15 is 0 Å². The molecule has 1 unspecified atom stereocenters. The average Bonchev–Trinajstić information content (AvgIpc) is 3.37. The van der Waals surface area contributed by atoms with Crippen molar-refractivity contribution in [1.29, 1.82) is 0 Å². The summed E-state index contributed by atoms with van der Waals surface area (Å²) >= 11 is 0. The Morgan fingerprint density at radius 3 is 2.81 bits per heavy atom. The molecule has 4 rings (SSSR count). The Morgan fingerprint density at radius 2 is 2.07 bits per heavy atom. The lowest BCUT2D eigenvalue weighted by molar-refractivity contribution is -0.122. The van der Waals surface area contributed by atoms with E-state index in [2.05, 4.69) is 31.3 Å². The first-order valence-electron chi connectivity index (χ1n) is 8.56. The third-order valence-corrected chi connectivity index (χ3v) is 4.30. The van der Waals surface area contributed by atoms with Gasteiger partial charge in [-0.05, 0) is 22.1 Å². The highest BCUT2D eigenvalue weighted by atomic mass is 16.2. The maximum Gasteiger partial charge on any atom is 0.272 e. The number of carbonyl (C=O) groups excluding carboxylic acids is 2. The van der Waals surface area contributed by atoms with E-state index in [0.717, 1.165) is 11.3 Å². The van der Waals surface area contributed by atoms with Gasteiger partial charge in [-0.2, -0.15) is 5.10 Å². The van der Waals surface area contributed by atoms with Gasteiger partial charge in [0.1, 0.15) is 18.6 Å². The Labute approximate surface area is 154 Å². The van der Waals surface area contributed by atoms with E-state index in [1.54, 1.807) is 10.7 Å². The van der Waals surface area contributed by atoms with Crippen molar-refractivity contribution in [3.8, 4) is 0 Å². The van der Waals surface area contributed by atoms with Crippen LogP contribution in [0.25, 0.3) is 0 Å². The summed E-state index contributed by atoms with van der Waals surface area (Å²) in [4.78, 5) is 24.3. The number of hydrogen-bond acceptors (Lipinski definition) is 6. The van der Waals surface area contributed by atoms with Gasteiger partial charge < -0.3 is 10.6 Å². The fraction of sp³-hybridized carbons (Fsp3) is 0.294. The van der Waals surface area contributed by atoms with Gasteiger partial charge in [-0.1, -0.05) is 30.3 Å². The Bertz CT molecular complexity index is 912. The van der Waals surface area contributed by atoms with Crippen LogP contribution in [-0.2, 0) is 30.8 Å². The third-order valence-electron chi connectivity index (χ3n) is 4.30. The van der Waals surface area contributed by atoms with Crippen LogP contribution >= 0.6 is 0 Å². The predicted octanol–water partition coefficient (Wildman–Crippen LogP) is -0.459. The third kappa shape index (κ3) is 4.00. The second kappa shape index (κ2) is 7.36. The van der Waals surface area contributed by atoms with Gasteiger partial charge >= 0.3 is 0 Å². The van der Waals surface area contributed by atoms with E-state index in [4.69, 9.17) is 0 Å². The fourth-order valence-corrected chi connectivity index (χ4v) is 3.05. The molecule has 0 radical (unpaired) electrons. The van der Waals surface area contributed by atoms with Crippen LogP contribution in [0.3, 0.4) is 0 Å². The summed E-state index contributed by atoms with van der Waals surface area (Å²) in [6.07, 6.45) is 2.01. The van der Waals surface area contributed by atoms with E-state index in [1.807, 2.05) is 30.3 Å². The first kappa shape index (κ1) is 16.9.